The minimum atomic E-state index is 1.11. The van der Waals surface area contributed by atoms with Crippen molar-refractivity contribution in [3.63, 3.8) is 0 Å². The molecule has 12 aromatic rings. The Kier molecular flexibility index (Phi) is 7.13. The number of thiophene rings is 1. The SMILES string of the molecule is c1ccc(-c2ccc(N(c3ccc(-c4ccc5c(c4)sc4ccccc45)cc3)c3ccc(-c4cc5c6ccccc6n6c7ccccc7c(c4)c56)cc3)cc2)cc1. The Labute approximate surface area is 334 Å². The first-order chi connectivity index (χ1) is 28.2. The molecular formula is C54H34N2S. The highest BCUT2D eigenvalue weighted by atomic mass is 32.1. The van der Waals surface area contributed by atoms with Crippen LogP contribution in [0.5, 0.6) is 0 Å². The van der Waals surface area contributed by atoms with E-state index in [1.54, 1.807) is 0 Å². The largest absolute Gasteiger partial charge is 0.311 e. The number of fused-ring (bicyclic) bond motifs is 9. The summed E-state index contributed by atoms with van der Waals surface area (Å²) in [5.41, 5.74) is 14.4. The molecule has 0 saturated heterocycles. The molecule has 0 aliphatic heterocycles. The Morgan fingerprint density at radius 1 is 0.298 bits per heavy atom. The van der Waals surface area contributed by atoms with E-state index in [1.807, 2.05) is 11.3 Å². The molecule has 0 bridgehead atoms. The fourth-order valence-electron chi connectivity index (χ4n) is 9.01. The van der Waals surface area contributed by atoms with Gasteiger partial charge >= 0.3 is 0 Å². The third-order valence-electron chi connectivity index (χ3n) is 11.7. The smallest absolute Gasteiger partial charge is 0.0620 e. The fourth-order valence-corrected chi connectivity index (χ4v) is 10.2. The number of rotatable bonds is 6. The third-order valence-corrected chi connectivity index (χ3v) is 12.9. The van der Waals surface area contributed by atoms with E-state index >= 15 is 0 Å². The van der Waals surface area contributed by atoms with Crippen molar-refractivity contribution in [3.05, 3.63) is 206 Å². The zero-order valence-corrected chi connectivity index (χ0v) is 31.7. The van der Waals surface area contributed by atoms with Crippen LogP contribution in [0, 0.1) is 0 Å². The van der Waals surface area contributed by atoms with Crippen molar-refractivity contribution in [1.29, 1.82) is 0 Å². The third kappa shape index (κ3) is 5.10. The number of aromatic nitrogens is 1. The molecular weight excluding hydrogens is 709 g/mol. The van der Waals surface area contributed by atoms with E-state index in [1.165, 1.54) is 91.6 Å². The molecule has 266 valence electrons. The van der Waals surface area contributed by atoms with Gasteiger partial charge in [0.25, 0.3) is 0 Å². The molecule has 57 heavy (non-hydrogen) atoms. The van der Waals surface area contributed by atoms with Crippen LogP contribution in [0.2, 0.25) is 0 Å². The number of anilines is 3. The van der Waals surface area contributed by atoms with Gasteiger partial charge in [-0.05, 0) is 106 Å². The lowest BCUT2D eigenvalue weighted by atomic mass is 9.99. The summed E-state index contributed by atoms with van der Waals surface area (Å²) in [4.78, 5) is 2.37. The Morgan fingerprint density at radius 2 is 0.737 bits per heavy atom. The molecule has 0 amide bonds. The van der Waals surface area contributed by atoms with Crippen molar-refractivity contribution in [2.75, 3.05) is 4.90 Å². The van der Waals surface area contributed by atoms with Crippen LogP contribution in [0.4, 0.5) is 17.1 Å². The van der Waals surface area contributed by atoms with Gasteiger partial charge < -0.3 is 9.30 Å². The number of hydrogen-bond acceptors (Lipinski definition) is 2. The molecule has 0 fully saturated rings. The second kappa shape index (κ2) is 12.7. The maximum Gasteiger partial charge on any atom is 0.0620 e. The topological polar surface area (TPSA) is 7.65 Å². The summed E-state index contributed by atoms with van der Waals surface area (Å²) >= 11 is 1.87. The van der Waals surface area contributed by atoms with Gasteiger partial charge in [0.1, 0.15) is 0 Å². The van der Waals surface area contributed by atoms with Crippen LogP contribution in [0.25, 0.3) is 91.6 Å². The van der Waals surface area contributed by atoms with Gasteiger partial charge in [-0.3, -0.25) is 0 Å². The molecule has 0 aliphatic rings. The number of para-hydroxylation sites is 2. The quantitative estimate of drug-likeness (QED) is 0.165. The summed E-state index contributed by atoms with van der Waals surface area (Å²) in [6.45, 7) is 0. The van der Waals surface area contributed by atoms with E-state index in [4.69, 9.17) is 0 Å². The van der Waals surface area contributed by atoms with Crippen LogP contribution in [0.3, 0.4) is 0 Å². The van der Waals surface area contributed by atoms with Crippen LogP contribution in [0.1, 0.15) is 0 Å². The summed E-state index contributed by atoms with van der Waals surface area (Å²) in [7, 11) is 0. The van der Waals surface area contributed by atoms with Gasteiger partial charge in [-0.25, -0.2) is 0 Å². The Balaban J connectivity index is 0.950. The highest BCUT2D eigenvalue weighted by Crippen LogP contribution is 2.43. The minimum Gasteiger partial charge on any atom is -0.311 e. The van der Waals surface area contributed by atoms with Crippen LogP contribution in [-0.2, 0) is 0 Å². The molecule has 0 N–H and O–H groups in total. The molecule has 0 saturated carbocycles. The summed E-state index contributed by atoms with van der Waals surface area (Å²) in [6.07, 6.45) is 0. The first-order valence-electron chi connectivity index (χ1n) is 19.5. The fraction of sp³-hybridized carbons (Fsp3) is 0. The van der Waals surface area contributed by atoms with E-state index in [-0.39, 0.29) is 0 Å². The molecule has 3 heterocycles. The van der Waals surface area contributed by atoms with Gasteiger partial charge in [-0.1, -0.05) is 133 Å². The zero-order valence-electron chi connectivity index (χ0n) is 30.9. The lowest BCUT2D eigenvalue weighted by molar-refractivity contribution is 1.28. The van der Waals surface area contributed by atoms with Crippen molar-refractivity contribution in [1.82, 2.24) is 4.40 Å². The monoisotopic (exact) mass is 742 g/mol. The second-order valence-corrected chi connectivity index (χ2v) is 16.0. The average molecular weight is 743 g/mol. The van der Waals surface area contributed by atoms with Crippen molar-refractivity contribution >= 4 is 86.7 Å². The summed E-state index contributed by atoms with van der Waals surface area (Å²) < 4.78 is 5.09. The highest BCUT2D eigenvalue weighted by molar-refractivity contribution is 7.25. The number of hydrogen-bond donors (Lipinski definition) is 0. The standard InChI is InChI=1S/C54H34N2S/c1-2-10-35(11-3-1)36-18-25-41(26-19-36)55(42-27-20-37(21-28-42)39-24-31-47-46-14-6-9-17-52(46)57-53(47)34-39)43-29-22-38(23-30-43)40-32-48-44-12-4-7-15-50(44)56-51-16-8-5-13-45(51)49(33-40)54(48)56/h1-34H. The van der Waals surface area contributed by atoms with Crippen LogP contribution in [0.15, 0.2) is 206 Å². The molecule has 0 spiro atoms. The highest BCUT2D eigenvalue weighted by Gasteiger charge is 2.19. The van der Waals surface area contributed by atoms with E-state index in [2.05, 4.69) is 216 Å². The lowest BCUT2D eigenvalue weighted by Gasteiger charge is -2.26. The minimum absolute atomic E-state index is 1.11. The molecule has 12 rings (SSSR count). The van der Waals surface area contributed by atoms with Gasteiger partial charge in [0.15, 0.2) is 0 Å². The molecule has 9 aromatic carbocycles. The van der Waals surface area contributed by atoms with Crippen molar-refractivity contribution < 1.29 is 0 Å². The maximum atomic E-state index is 2.44. The summed E-state index contributed by atoms with van der Waals surface area (Å²) in [5, 5.41) is 7.83. The van der Waals surface area contributed by atoms with Crippen molar-refractivity contribution in [3.8, 4) is 33.4 Å². The normalized spacial score (nSPS) is 11.9. The molecule has 0 aliphatic carbocycles. The molecule has 3 aromatic heterocycles. The van der Waals surface area contributed by atoms with Gasteiger partial charge in [-0.15, -0.1) is 11.3 Å². The molecule has 2 nitrogen and oxygen atoms in total. The second-order valence-electron chi connectivity index (χ2n) is 14.9. The first kappa shape index (κ1) is 32.1. The van der Waals surface area contributed by atoms with Gasteiger partial charge in [0.05, 0.1) is 16.6 Å². The Morgan fingerprint density at radius 3 is 1.33 bits per heavy atom. The van der Waals surface area contributed by atoms with Crippen molar-refractivity contribution in [2.24, 2.45) is 0 Å². The van der Waals surface area contributed by atoms with E-state index in [9.17, 15) is 0 Å². The zero-order chi connectivity index (χ0) is 37.5. The molecule has 0 unspecified atom stereocenters. The van der Waals surface area contributed by atoms with Gasteiger partial charge in [0, 0.05) is 58.8 Å². The maximum absolute atomic E-state index is 2.44. The predicted molar refractivity (Wildman–Crippen MR) is 245 cm³/mol. The Bertz CT molecular complexity index is 3350. The average Bonchev–Trinajstić information content (AvgIpc) is 3.94. The molecule has 3 heteroatoms. The predicted octanol–water partition coefficient (Wildman–Crippen LogP) is 15.7. The van der Waals surface area contributed by atoms with Crippen LogP contribution in [-0.4, -0.2) is 4.40 Å². The van der Waals surface area contributed by atoms with Gasteiger partial charge in [0.2, 0.25) is 0 Å². The van der Waals surface area contributed by atoms with Crippen LogP contribution >= 0.6 is 11.3 Å². The van der Waals surface area contributed by atoms with E-state index < -0.39 is 0 Å². The summed E-state index contributed by atoms with van der Waals surface area (Å²) in [5.74, 6) is 0. The number of nitrogens with zero attached hydrogens (tertiary/aromatic N) is 2. The molecule has 0 radical (unpaired) electrons. The van der Waals surface area contributed by atoms with Crippen molar-refractivity contribution in [2.45, 2.75) is 0 Å². The van der Waals surface area contributed by atoms with Crippen LogP contribution < -0.4 is 4.90 Å². The van der Waals surface area contributed by atoms with Gasteiger partial charge in [-0.2, -0.15) is 0 Å². The first-order valence-corrected chi connectivity index (χ1v) is 20.3. The summed E-state index contributed by atoms with van der Waals surface area (Å²) in [6, 6.07) is 75.6. The van der Waals surface area contributed by atoms with E-state index in [0.717, 1.165) is 17.1 Å². The lowest BCUT2D eigenvalue weighted by Crippen LogP contribution is -2.09. The molecule has 0 atom stereocenters. The van der Waals surface area contributed by atoms with E-state index in [0.29, 0.717) is 0 Å². The number of benzene rings is 9. The Hall–Kier alpha value is -7.20.